The van der Waals surface area contributed by atoms with E-state index in [1.165, 1.54) is 0 Å². The molecular weight excluding hydrogens is 266 g/mol. The van der Waals surface area contributed by atoms with Gasteiger partial charge in [0.15, 0.2) is 0 Å². The Kier molecular flexibility index (Phi) is 2.50. The zero-order valence-corrected chi connectivity index (χ0v) is 11.0. The number of hydrogen-bond acceptors (Lipinski definition) is 4. The van der Waals surface area contributed by atoms with Gasteiger partial charge in [0, 0.05) is 11.6 Å². The molecule has 4 aromatic rings. The molecular formula is C16H11N3O2. The van der Waals surface area contributed by atoms with E-state index in [9.17, 15) is 5.11 Å². The number of hydrogen-bond donors (Lipinski definition) is 1. The van der Waals surface area contributed by atoms with Gasteiger partial charge in [0.1, 0.15) is 11.3 Å². The van der Waals surface area contributed by atoms with Crippen LogP contribution in [-0.2, 0) is 0 Å². The minimum atomic E-state index is 0.196. The lowest BCUT2D eigenvalue weighted by Gasteiger charge is -2.03. The summed E-state index contributed by atoms with van der Waals surface area (Å²) in [5.74, 6) is 0.196. The molecule has 5 nitrogen and oxygen atoms in total. The fourth-order valence-electron chi connectivity index (χ4n) is 2.34. The Hall–Kier alpha value is -3.08. The fraction of sp³-hybridized carbons (Fsp3) is 0. The van der Waals surface area contributed by atoms with Crippen LogP contribution in [0.4, 0.5) is 0 Å². The molecule has 5 heteroatoms. The zero-order chi connectivity index (χ0) is 14.2. The van der Waals surface area contributed by atoms with Crippen molar-refractivity contribution in [2.45, 2.75) is 0 Å². The van der Waals surface area contributed by atoms with Gasteiger partial charge >= 0.3 is 0 Å². The van der Waals surface area contributed by atoms with Crippen molar-refractivity contribution in [3.05, 3.63) is 61.1 Å². The van der Waals surface area contributed by atoms with Gasteiger partial charge in [-0.25, -0.2) is 4.68 Å². The first kappa shape index (κ1) is 11.7. The highest BCUT2D eigenvalue weighted by atomic mass is 16.3. The van der Waals surface area contributed by atoms with Gasteiger partial charge in [-0.15, -0.1) is 5.10 Å². The lowest BCUT2D eigenvalue weighted by molar-refractivity contribution is 0.475. The number of furan rings is 1. The maximum absolute atomic E-state index is 9.61. The smallest absolute Gasteiger partial charge is 0.117 e. The highest BCUT2D eigenvalue weighted by Gasteiger charge is 2.09. The minimum absolute atomic E-state index is 0.196. The SMILES string of the molecule is Oc1cccc(-n2nnc3ccc(-c4ccoc4)cc32)c1. The molecule has 0 radical (unpaired) electrons. The van der Waals surface area contributed by atoms with Crippen molar-refractivity contribution in [1.29, 1.82) is 0 Å². The Morgan fingerprint density at radius 2 is 1.95 bits per heavy atom. The van der Waals surface area contributed by atoms with E-state index >= 15 is 0 Å². The van der Waals surface area contributed by atoms with E-state index in [1.807, 2.05) is 30.3 Å². The van der Waals surface area contributed by atoms with Crippen LogP contribution >= 0.6 is 0 Å². The molecule has 21 heavy (non-hydrogen) atoms. The summed E-state index contributed by atoms with van der Waals surface area (Å²) >= 11 is 0. The van der Waals surface area contributed by atoms with Crippen molar-refractivity contribution < 1.29 is 9.52 Å². The Balaban J connectivity index is 1.92. The van der Waals surface area contributed by atoms with Crippen molar-refractivity contribution >= 4 is 11.0 Å². The van der Waals surface area contributed by atoms with Gasteiger partial charge in [-0.2, -0.15) is 0 Å². The van der Waals surface area contributed by atoms with E-state index < -0.39 is 0 Å². The summed E-state index contributed by atoms with van der Waals surface area (Å²) in [6.07, 6.45) is 3.34. The largest absolute Gasteiger partial charge is 0.508 e. The van der Waals surface area contributed by atoms with Crippen LogP contribution in [0.2, 0.25) is 0 Å². The second kappa shape index (κ2) is 4.49. The number of fused-ring (bicyclic) bond motifs is 1. The van der Waals surface area contributed by atoms with E-state index in [0.717, 1.165) is 27.8 Å². The molecule has 0 atom stereocenters. The fourth-order valence-corrected chi connectivity index (χ4v) is 2.34. The van der Waals surface area contributed by atoms with Crippen molar-refractivity contribution in [2.24, 2.45) is 0 Å². The van der Waals surface area contributed by atoms with Gasteiger partial charge in [-0.05, 0) is 35.9 Å². The Morgan fingerprint density at radius 1 is 1.00 bits per heavy atom. The molecule has 2 heterocycles. The number of phenols is 1. The number of nitrogens with zero attached hydrogens (tertiary/aromatic N) is 3. The summed E-state index contributed by atoms with van der Waals surface area (Å²) in [7, 11) is 0. The predicted octanol–water partition coefficient (Wildman–Crippen LogP) is 3.39. The van der Waals surface area contributed by atoms with Crippen LogP contribution in [0.15, 0.2) is 65.5 Å². The van der Waals surface area contributed by atoms with Gasteiger partial charge < -0.3 is 9.52 Å². The normalized spacial score (nSPS) is 11.0. The topological polar surface area (TPSA) is 64.1 Å². The Morgan fingerprint density at radius 3 is 2.76 bits per heavy atom. The number of aromatic hydroxyl groups is 1. The van der Waals surface area contributed by atoms with E-state index in [-0.39, 0.29) is 5.75 Å². The summed E-state index contributed by atoms with van der Waals surface area (Å²) in [4.78, 5) is 0. The molecule has 0 saturated carbocycles. The molecule has 2 aromatic carbocycles. The quantitative estimate of drug-likeness (QED) is 0.610. The second-order valence-corrected chi connectivity index (χ2v) is 4.74. The molecule has 4 rings (SSSR count). The Labute approximate surface area is 120 Å². The molecule has 0 fully saturated rings. The first-order chi connectivity index (χ1) is 10.3. The molecule has 0 unspecified atom stereocenters. The average Bonchev–Trinajstić information content (AvgIpc) is 3.16. The van der Waals surface area contributed by atoms with Crippen molar-refractivity contribution in [3.8, 4) is 22.6 Å². The number of benzene rings is 2. The van der Waals surface area contributed by atoms with Crippen LogP contribution in [0.5, 0.6) is 5.75 Å². The standard InChI is InChI=1S/C16H11N3O2/c20-14-3-1-2-13(9-14)19-16-8-11(12-6-7-21-10-12)4-5-15(16)17-18-19/h1-10,20H. The third-order valence-corrected chi connectivity index (χ3v) is 3.37. The molecule has 0 saturated heterocycles. The summed E-state index contributed by atoms with van der Waals surface area (Å²) in [5, 5.41) is 17.9. The lowest BCUT2D eigenvalue weighted by atomic mass is 10.1. The zero-order valence-electron chi connectivity index (χ0n) is 11.0. The monoisotopic (exact) mass is 277 g/mol. The predicted molar refractivity (Wildman–Crippen MR) is 78.2 cm³/mol. The molecule has 102 valence electrons. The first-order valence-electron chi connectivity index (χ1n) is 6.49. The van der Waals surface area contributed by atoms with Gasteiger partial charge in [0.05, 0.1) is 23.7 Å². The summed E-state index contributed by atoms with van der Waals surface area (Å²) in [6, 6.07) is 14.7. The van der Waals surface area contributed by atoms with Gasteiger partial charge in [0.25, 0.3) is 0 Å². The van der Waals surface area contributed by atoms with Crippen LogP contribution in [-0.4, -0.2) is 20.1 Å². The molecule has 0 aliphatic carbocycles. The molecule has 0 spiro atoms. The maximum Gasteiger partial charge on any atom is 0.117 e. The number of rotatable bonds is 2. The third-order valence-electron chi connectivity index (χ3n) is 3.37. The first-order valence-corrected chi connectivity index (χ1v) is 6.49. The molecule has 0 amide bonds. The van der Waals surface area contributed by atoms with E-state index in [2.05, 4.69) is 10.3 Å². The third kappa shape index (κ3) is 1.95. The van der Waals surface area contributed by atoms with Crippen molar-refractivity contribution in [1.82, 2.24) is 15.0 Å². The summed E-state index contributed by atoms with van der Waals surface area (Å²) in [6.45, 7) is 0. The molecule has 1 N–H and O–H groups in total. The summed E-state index contributed by atoms with van der Waals surface area (Å²) in [5.41, 5.74) is 4.47. The van der Waals surface area contributed by atoms with Crippen LogP contribution in [0, 0.1) is 0 Å². The van der Waals surface area contributed by atoms with E-state index in [4.69, 9.17) is 4.42 Å². The molecule has 0 aliphatic heterocycles. The van der Waals surface area contributed by atoms with Gasteiger partial charge in [-0.3, -0.25) is 0 Å². The number of aromatic nitrogens is 3. The summed E-state index contributed by atoms with van der Waals surface area (Å²) < 4.78 is 6.83. The second-order valence-electron chi connectivity index (χ2n) is 4.74. The number of phenolic OH excluding ortho intramolecular Hbond substituents is 1. The van der Waals surface area contributed by atoms with Crippen LogP contribution in [0.3, 0.4) is 0 Å². The Bertz CT molecular complexity index is 910. The molecule has 2 aromatic heterocycles. The van der Waals surface area contributed by atoms with Gasteiger partial charge in [-0.1, -0.05) is 17.3 Å². The highest BCUT2D eigenvalue weighted by molar-refractivity contribution is 5.82. The average molecular weight is 277 g/mol. The van der Waals surface area contributed by atoms with E-state index in [0.29, 0.717) is 0 Å². The van der Waals surface area contributed by atoms with Crippen molar-refractivity contribution in [3.63, 3.8) is 0 Å². The lowest BCUT2D eigenvalue weighted by Crippen LogP contribution is -1.96. The molecule has 0 aliphatic rings. The molecule has 0 bridgehead atoms. The highest BCUT2D eigenvalue weighted by Crippen LogP contribution is 2.25. The minimum Gasteiger partial charge on any atom is -0.508 e. The van der Waals surface area contributed by atoms with Crippen molar-refractivity contribution in [2.75, 3.05) is 0 Å². The van der Waals surface area contributed by atoms with Crippen LogP contribution in [0.25, 0.3) is 27.8 Å². The van der Waals surface area contributed by atoms with Crippen LogP contribution in [0.1, 0.15) is 0 Å². The maximum atomic E-state index is 9.61. The van der Waals surface area contributed by atoms with E-state index in [1.54, 1.807) is 35.4 Å². The van der Waals surface area contributed by atoms with Crippen LogP contribution < -0.4 is 0 Å². The van der Waals surface area contributed by atoms with Gasteiger partial charge in [0.2, 0.25) is 0 Å².